The summed E-state index contributed by atoms with van der Waals surface area (Å²) in [6, 6.07) is -0.0131. The minimum atomic E-state index is -0.124. The molecule has 5 nitrogen and oxygen atoms in total. The van der Waals surface area contributed by atoms with E-state index in [0.29, 0.717) is 5.92 Å². The van der Waals surface area contributed by atoms with Crippen LogP contribution in [0.2, 0.25) is 0 Å². The third-order valence-corrected chi connectivity index (χ3v) is 3.48. The van der Waals surface area contributed by atoms with Crippen LogP contribution in [-0.2, 0) is 5.41 Å². The van der Waals surface area contributed by atoms with Gasteiger partial charge in [-0.2, -0.15) is 0 Å². The Morgan fingerprint density at radius 1 is 1.14 bits per heavy atom. The molecule has 21 heavy (non-hydrogen) atoms. The van der Waals surface area contributed by atoms with Crippen LogP contribution in [0.1, 0.15) is 52.9 Å². The van der Waals surface area contributed by atoms with Gasteiger partial charge in [0.25, 0.3) is 0 Å². The Balaban J connectivity index is 3.25. The van der Waals surface area contributed by atoms with E-state index in [9.17, 15) is 5.11 Å². The fraction of sp³-hybridized carbons (Fsp3) is 0.750. The standard InChI is InChI=1S/C16H30N4O/c1-8-17-13-11(4)14(18-12(9-21)10(2)3)20-15(19-13)16(5,6)7/h10,12,21H,8-9H2,1-7H3,(H2,17,18,19,20). The number of hydrogen-bond donors (Lipinski definition) is 3. The van der Waals surface area contributed by atoms with E-state index in [-0.39, 0.29) is 18.1 Å². The molecule has 0 saturated carbocycles. The van der Waals surface area contributed by atoms with Gasteiger partial charge in [-0.25, -0.2) is 9.97 Å². The van der Waals surface area contributed by atoms with Crippen LogP contribution in [0.15, 0.2) is 0 Å². The molecule has 1 heterocycles. The molecule has 3 N–H and O–H groups in total. The van der Waals surface area contributed by atoms with E-state index in [4.69, 9.17) is 0 Å². The first-order valence-corrected chi connectivity index (χ1v) is 7.71. The zero-order chi connectivity index (χ0) is 16.2. The van der Waals surface area contributed by atoms with Gasteiger partial charge in [-0.1, -0.05) is 34.6 Å². The molecular formula is C16H30N4O. The van der Waals surface area contributed by atoms with Gasteiger partial charge in [-0.15, -0.1) is 0 Å². The molecule has 0 amide bonds. The van der Waals surface area contributed by atoms with Gasteiger partial charge >= 0.3 is 0 Å². The maximum absolute atomic E-state index is 9.53. The Labute approximate surface area is 128 Å². The number of aliphatic hydroxyl groups excluding tert-OH is 1. The zero-order valence-electron chi connectivity index (χ0n) is 14.4. The van der Waals surface area contributed by atoms with Crippen LogP contribution in [-0.4, -0.2) is 34.3 Å². The second kappa shape index (κ2) is 7.07. The molecule has 0 aromatic carbocycles. The molecule has 0 spiro atoms. The summed E-state index contributed by atoms with van der Waals surface area (Å²) >= 11 is 0. The number of anilines is 2. The number of hydrogen-bond acceptors (Lipinski definition) is 5. The van der Waals surface area contributed by atoms with Crippen molar-refractivity contribution < 1.29 is 5.11 Å². The predicted octanol–water partition coefficient (Wildman–Crippen LogP) is 2.94. The summed E-state index contributed by atoms with van der Waals surface area (Å²) in [4.78, 5) is 9.33. The highest BCUT2D eigenvalue weighted by molar-refractivity contribution is 5.58. The number of nitrogens with one attached hydrogen (secondary N) is 2. The number of aliphatic hydroxyl groups is 1. The van der Waals surface area contributed by atoms with Crippen LogP contribution >= 0.6 is 0 Å². The molecule has 1 aromatic rings. The van der Waals surface area contributed by atoms with Crippen LogP contribution in [0.4, 0.5) is 11.6 Å². The average Bonchev–Trinajstić information content (AvgIpc) is 2.38. The molecule has 0 aliphatic rings. The minimum Gasteiger partial charge on any atom is -0.394 e. The summed E-state index contributed by atoms with van der Waals surface area (Å²) in [5, 5.41) is 16.2. The van der Waals surface area contributed by atoms with Crippen molar-refractivity contribution in [2.45, 2.75) is 59.9 Å². The van der Waals surface area contributed by atoms with Crippen molar-refractivity contribution in [3.05, 3.63) is 11.4 Å². The molecule has 1 atom stereocenters. The average molecular weight is 294 g/mol. The third kappa shape index (κ3) is 4.56. The highest BCUT2D eigenvalue weighted by Gasteiger charge is 2.22. The van der Waals surface area contributed by atoms with E-state index in [1.165, 1.54) is 0 Å². The highest BCUT2D eigenvalue weighted by Crippen LogP contribution is 2.27. The van der Waals surface area contributed by atoms with Gasteiger partial charge < -0.3 is 15.7 Å². The maximum atomic E-state index is 9.53. The quantitative estimate of drug-likeness (QED) is 0.752. The lowest BCUT2D eigenvalue weighted by Gasteiger charge is -2.25. The summed E-state index contributed by atoms with van der Waals surface area (Å²) < 4.78 is 0. The van der Waals surface area contributed by atoms with Crippen molar-refractivity contribution in [2.24, 2.45) is 5.92 Å². The fourth-order valence-electron chi connectivity index (χ4n) is 1.93. The lowest BCUT2D eigenvalue weighted by Crippen LogP contribution is -2.31. The third-order valence-electron chi connectivity index (χ3n) is 3.48. The first-order valence-electron chi connectivity index (χ1n) is 7.71. The number of aromatic nitrogens is 2. The van der Waals surface area contributed by atoms with Gasteiger partial charge in [0.1, 0.15) is 17.5 Å². The molecule has 1 rings (SSSR count). The van der Waals surface area contributed by atoms with Gasteiger partial charge in [0, 0.05) is 17.5 Å². The Hall–Kier alpha value is -1.36. The van der Waals surface area contributed by atoms with Gasteiger partial charge in [-0.3, -0.25) is 0 Å². The molecule has 0 radical (unpaired) electrons. The van der Waals surface area contributed by atoms with Gasteiger partial charge in [0.15, 0.2) is 0 Å². The smallest absolute Gasteiger partial charge is 0.138 e. The fourth-order valence-corrected chi connectivity index (χ4v) is 1.93. The number of rotatable bonds is 6. The molecule has 0 fully saturated rings. The van der Waals surface area contributed by atoms with E-state index in [0.717, 1.165) is 29.6 Å². The molecule has 0 saturated heterocycles. The lowest BCUT2D eigenvalue weighted by atomic mass is 9.95. The molecule has 1 aromatic heterocycles. The van der Waals surface area contributed by atoms with Gasteiger partial charge in [0.05, 0.1) is 12.6 Å². The van der Waals surface area contributed by atoms with Gasteiger partial charge in [0.2, 0.25) is 0 Å². The largest absolute Gasteiger partial charge is 0.394 e. The second-order valence-electron chi connectivity index (χ2n) is 6.83. The van der Waals surface area contributed by atoms with Crippen LogP contribution in [0.3, 0.4) is 0 Å². The van der Waals surface area contributed by atoms with Crippen LogP contribution in [0, 0.1) is 12.8 Å². The van der Waals surface area contributed by atoms with Crippen molar-refractivity contribution in [2.75, 3.05) is 23.8 Å². The summed E-state index contributed by atoms with van der Waals surface area (Å²) in [5.41, 5.74) is 0.866. The highest BCUT2D eigenvalue weighted by atomic mass is 16.3. The Morgan fingerprint density at radius 3 is 2.14 bits per heavy atom. The summed E-state index contributed by atoms with van der Waals surface area (Å²) in [6.45, 7) is 15.4. The maximum Gasteiger partial charge on any atom is 0.138 e. The molecule has 0 aliphatic heterocycles. The van der Waals surface area contributed by atoms with E-state index >= 15 is 0 Å². The van der Waals surface area contributed by atoms with E-state index < -0.39 is 0 Å². The molecule has 5 heteroatoms. The van der Waals surface area contributed by atoms with Crippen molar-refractivity contribution in [3.63, 3.8) is 0 Å². The van der Waals surface area contributed by atoms with Crippen molar-refractivity contribution in [3.8, 4) is 0 Å². The van der Waals surface area contributed by atoms with Crippen LogP contribution < -0.4 is 10.6 Å². The summed E-state index contributed by atoms with van der Waals surface area (Å²) in [7, 11) is 0. The topological polar surface area (TPSA) is 70.1 Å². The molecular weight excluding hydrogens is 264 g/mol. The Kier molecular flexibility index (Phi) is 5.96. The van der Waals surface area contributed by atoms with Crippen LogP contribution in [0.5, 0.6) is 0 Å². The molecule has 120 valence electrons. The first kappa shape index (κ1) is 17.7. The number of nitrogens with zero attached hydrogens (tertiary/aromatic N) is 2. The summed E-state index contributed by atoms with van der Waals surface area (Å²) in [6.07, 6.45) is 0. The van der Waals surface area contributed by atoms with E-state index in [1.807, 2.05) is 6.92 Å². The first-order chi connectivity index (χ1) is 9.70. The van der Waals surface area contributed by atoms with Gasteiger partial charge in [-0.05, 0) is 19.8 Å². The zero-order valence-corrected chi connectivity index (χ0v) is 14.4. The molecule has 0 bridgehead atoms. The normalized spacial score (nSPS) is 13.4. The van der Waals surface area contributed by atoms with E-state index in [2.05, 4.69) is 62.1 Å². The second-order valence-corrected chi connectivity index (χ2v) is 6.83. The lowest BCUT2D eigenvalue weighted by molar-refractivity contribution is 0.249. The Bertz CT molecular complexity index is 466. The molecule has 0 aliphatic carbocycles. The predicted molar refractivity (Wildman–Crippen MR) is 89.0 cm³/mol. The van der Waals surface area contributed by atoms with Crippen molar-refractivity contribution in [1.29, 1.82) is 0 Å². The monoisotopic (exact) mass is 294 g/mol. The van der Waals surface area contributed by atoms with E-state index in [1.54, 1.807) is 0 Å². The summed E-state index contributed by atoms with van der Waals surface area (Å²) in [5.74, 6) is 2.79. The van der Waals surface area contributed by atoms with Crippen LogP contribution in [0.25, 0.3) is 0 Å². The van der Waals surface area contributed by atoms with Crippen molar-refractivity contribution >= 4 is 11.6 Å². The Morgan fingerprint density at radius 2 is 1.71 bits per heavy atom. The molecule has 1 unspecified atom stereocenters. The SMILES string of the molecule is CCNc1nc(C(C)(C)C)nc(NC(CO)C(C)C)c1C. The van der Waals surface area contributed by atoms with Crippen molar-refractivity contribution in [1.82, 2.24) is 9.97 Å². The minimum absolute atomic E-state index is 0.0131.